The number of hydrogen-bond acceptors (Lipinski definition) is 7. The number of benzene rings is 1. The van der Waals surface area contributed by atoms with Crippen LogP contribution >= 0.6 is 11.6 Å². The molecular formula is C20H21ClN8O. The maximum atomic E-state index is 12.7. The van der Waals surface area contributed by atoms with E-state index in [1.807, 2.05) is 20.0 Å². The van der Waals surface area contributed by atoms with Crippen LogP contribution in [0.1, 0.15) is 12.5 Å². The molecule has 1 atom stereocenters. The van der Waals surface area contributed by atoms with E-state index in [4.69, 9.17) is 16.9 Å². The van der Waals surface area contributed by atoms with Gasteiger partial charge in [-0.1, -0.05) is 11.6 Å². The zero-order valence-electron chi connectivity index (χ0n) is 16.7. The van der Waals surface area contributed by atoms with Gasteiger partial charge in [0.05, 0.1) is 28.2 Å². The van der Waals surface area contributed by atoms with Gasteiger partial charge < -0.3 is 10.2 Å². The smallest absolute Gasteiger partial charge is 0.241 e. The molecule has 0 spiro atoms. The van der Waals surface area contributed by atoms with E-state index in [0.717, 1.165) is 43.0 Å². The van der Waals surface area contributed by atoms with Crippen LogP contribution < -0.4 is 10.2 Å². The quantitative estimate of drug-likeness (QED) is 0.683. The summed E-state index contributed by atoms with van der Waals surface area (Å²) in [6, 6.07) is 6.58. The summed E-state index contributed by atoms with van der Waals surface area (Å²) in [5, 5.41) is 17.4. The van der Waals surface area contributed by atoms with Gasteiger partial charge in [0.25, 0.3) is 0 Å². The summed E-state index contributed by atoms with van der Waals surface area (Å²) in [7, 11) is 1.86. The molecule has 0 bridgehead atoms. The van der Waals surface area contributed by atoms with Gasteiger partial charge in [-0.25, -0.2) is 9.97 Å². The number of aryl methyl sites for hydroxylation is 1. The van der Waals surface area contributed by atoms with Crippen molar-refractivity contribution in [2.45, 2.75) is 13.0 Å². The number of piperazine rings is 1. The Bertz CT molecular complexity index is 1130. The van der Waals surface area contributed by atoms with Gasteiger partial charge in [-0.15, -0.1) is 0 Å². The molecule has 3 aromatic rings. The summed E-state index contributed by atoms with van der Waals surface area (Å²) in [5.41, 5.74) is 1.76. The highest BCUT2D eigenvalue weighted by molar-refractivity contribution is 6.32. The third-order valence-corrected chi connectivity index (χ3v) is 5.72. The van der Waals surface area contributed by atoms with Crippen LogP contribution in [0.4, 0.5) is 11.5 Å². The van der Waals surface area contributed by atoms with Gasteiger partial charge in [-0.3, -0.25) is 14.4 Å². The molecule has 1 aliphatic heterocycles. The molecule has 0 radical (unpaired) electrons. The minimum atomic E-state index is -0.301. The Kier molecular flexibility index (Phi) is 5.53. The fraction of sp³-hybridized carbons (Fsp3) is 0.350. The highest BCUT2D eigenvalue weighted by atomic mass is 35.5. The minimum absolute atomic E-state index is 0.110. The predicted molar refractivity (Wildman–Crippen MR) is 114 cm³/mol. The average molecular weight is 425 g/mol. The number of carbonyl (C=O) groups is 1. The number of carbonyl (C=O) groups excluding carboxylic acids is 1. The van der Waals surface area contributed by atoms with Crippen LogP contribution in [-0.4, -0.2) is 62.8 Å². The zero-order valence-corrected chi connectivity index (χ0v) is 17.5. The lowest BCUT2D eigenvalue weighted by Gasteiger charge is -2.38. The SMILES string of the molecule is CC(C(=O)Nc1ccc(C#N)c(Cl)c1)N1CCN(c2ncnc3c2cnn3C)CC1. The van der Waals surface area contributed by atoms with Crippen LogP contribution in [0.3, 0.4) is 0 Å². The van der Waals surface area contributed by atoms with Crippen molar-refractivity contribution in [3.63, 3.8) is 0 Å². The molecule has 9 nitrogen and oxygen atoms in total. The number of halogens is 1. The Morgan fingerprint density at radius 2 is 2.03 bits per heavy atom. The first-order chi connectivity index (χ1) is 14.5. The zero-order chi connectivity index (χ0) is 21.3. The van der Waals surface area contributed by atoms with Crippen molar-refractivity contribution < 1.29 is 4.79 Å². The van der Waals surface area contributed by atoms with Gasteiger partial charge in [-0.05, 0) is 25.1 Å². The molecule has 1 aromatic carbocycles. The van der Waals surface area contributed by atoms with Crippen LogP contribution in [0, 0.1) is 11.3 Å². The van der Waals surface area contributed by atoms with Crippen molar-refractivity contribution >= 4 is 40.0 Å². The third-order valence-electron chi connectivity index (χ3n) is 5.41. The fourth-order valence-electron chi connectivity index (χ4n) is 3.62. The second kappa shape index (κ2) is 8.26. The second-order valence-electron chi connectivity index (χ2n) is 7.20. The Hall–Kier alpha value is -3.22. The predicted octanol–water partition coefficient (Wildman–Crippen LogP) is 2.04. The summed E-state index contributed by atoms with van der Waals surface area (Å²) in [6.45, 7) is 4.85. The third kappa shape index (κ3) is 3.79. The van der Waals surface area contributed by atoms with Gasteiger partial charge in [0.1, 0.15) is 18.2 Å². The van der Waals surface area contributed by atoms with Crippen LogP contribution in [-0.2, 0) is 11.8 Å². The molecule has 1 saturated heterocycles. The van der Waals surface area contributed by atoms with Gasteiger partial charge in [0, 0.05) is 38.9 Å². The molecule has 30 heavy (non-hydrogen) atoms. The molecule has 1 fully saturated rings. The molecule has 0 saturated carbocycles. The van der Waals surface area contributed by atoms with E-state index in [1.54, 1.807) is 35.4 Å². The maximum absolute atomic E-state index is 12.7. The molecule has 4 rings (SSSR count). The molecule has 1 aliphatic rings. The van der Waals surface area contributed by atoms with Crippen molar-refractivity contribution in [3.8, 4) is 6.07 Å². The summed E-state index contributed by atoms with van der Waals surface area (Å²) >= 11 is 6.05. The highest BCUT2D eigenvalue weighted by Gasteiger charge is 2.27. The van der Waals surface area contributed by atoms with Gasteiger partial charge >= 0.3 is 0 Å². The van der Waals surface area contributed by atoms with Crippen molar-refractivity contribution in [3.05, 3.63) is 41.3 Å². The first kappa shape index (κ1) is 20.1. The summed E-state index contributed by atoms with van der Waals surface area (Å²) < 4.78 is 1.73. The van der Waals surface area contributed by atoms with Crippen LogP contribution in [0.15, 0.2) is 30.7 Å². The first-order valence-electron chi connectivity index (χ1n) is 9.60. The number of anilines is 2. The topological polar surface area (TPSA) is 103 Å². The van der Waals surface area contributed by atoms with Gasteiger partial charge in [0.15, 0.2) is 5.65 Å². The van der Waals surface area contributed by atoms with Crippen molar-refractivity contribution in [2.75, 3.05) is 36.4 Å². The van der Waals surface area contributed by atoms with Crippen molar-refractivity contribution in [1.82, 2.24) is 24.6 Å². The Morgan fingerprint density at radius 3 is 2.73 bits per heavy atom. The van der Waals surface area contributed by atoms with Crippen LogP contribution in [0.5, 0.6) is 0 Å². The Labute approximate surface area is 178 Å². The summed E-state index contributed by atoms with van der Waals surface area (Å²) in [6.07, 6.45) is 3.35. The van der Waals surface area contributed by atoms with Crippen LogP contribution in [0.25, 0.3) is 11.0 Å². The molecule has 1 N–H and O–H groups in total. The Morgan fingerprint density at radius 1 is 1.27 bits per heavy atom. The first-order valence-corrected chi connectivity index (χ1v) is 9.98. The standard InChI is InChI=1S/C20H21ClN8O/c1-13(20(30)26-15-4-3-14(10-22)17(21)9-15)28-5-7-29(8-6-28)19-16-11-25-27(2)18(16)23-12-24-19/h3-4,9,11-13H,5-8H2,1-2H3,(H,26,30). The van der Waals surface area contributed by atoms with E-state index in [9.17, 15) is 4.79 Å². The number of fused-ring (bicyclic) bond motifs is 1. The fourth-order valence-corrected chi connectivity index (χ4v) is 3.84. The summed E-state index contributed by atoms with van der Waals surface area (Å²) in [5.74, 6) is 0.762. The molecule has 154 valence electrons. The molecule has 10 heteroatoms. The highest BCUT2D eigenvalue weighted by Crippen LogP contribution is 2.24. The monoisotopic (exact) mass is 424 g/mol. The van der Waals surface area contributed by atoms with E-state index in [-0.39, 0.29) is 11.9 Å². The number of aromatic nitrogens is 4. The normalized spacial score (nSPS) is 15.7. The van der Waals surface area contributed by atoms with Gasteiger partial charge in [0.2, 0.25) is 5.91 Å². The molecule has 1 unspecified atom stereocenters. The van der Waals surface area contributed by atoms with E-state index in [1.165, 1.54) is 0 Å². The lowest BCUT2D eigenvalue weighted by molar-refractivity contribution is -0.120. The number of nitriles is 1. The summed E-state index contributed by atoms with van der Waals surface area (Å²) in [4.78, 5) is 25.8. The lowest BCUT2D eigenvalue weighted by Crippen LogP contribution is -2.53. The maximum Gasteiger partial charge on any atom is 0.241 e. The van der Waals surface area contributed by atoms with Crippen molar-refractivity contribution in [1.29, 1.82) is 5.26 Å². The number of nitrogens with zero attached hydrogens (tertiary/aromatic N) is 7. The average Bonchev–Trinajstić information content (AvgIpc) is 3.14. The van der Waals surface area contributed by atoms with E-state index in [0.29, 0.717) is 16.3 Å². The molecule has 1 amide bonds. The van der Waals surface area contributed by atoms with Crippen LogP contribution in [0.2, 0.25) is 5.02 Å². The number of rotatable bonds is 4. The van der Waals surface area contributed by atoms with E-state index in [2.05, 4.69) is 30.2 Å². The number of nitrogens with one attached hydrogen (secondary N) is 1. The van der Waals surface area contributed by atoms with E-state index >= 15 is 0 Å². The molecular weight excluding hydrogens is 404 g/mol. The Balaban J connectivity index is 1.39. The van der Waals surface area contributed by atoms with E-state index < -0.39 is 0 Å². The molecule has 2 aromatic heterocycles. The second-order valence-corrected chi connectivity index (χ2v) is 7.60. The lowest BCUT2D eigenvalue weighted by atomic mass is 10.2. The number of hydrogen-bond donors (Lipinski definition) is 1. The largest absolute Gasteiger partial charge is 0.353 e. The molecule has 0 aliphatic carbocycles. The van der Waals surface area contributed by atoms with Crippen molar-refractivity contribution in [2.24, 2.45) is 7.05 Å². The minimum Gasteiger partial charge on any atom is -0.353 e. The van der Waals surface area contributed by atoms with Gasteiger partial charge in [-0.2, -0.15) is 10.4 Å². The number of amides is 1. The molecule has 3 heterocycles.